The molecule has 1 N–H and O–H groups in total. The first-order valence-electron chi connectivity index (χ1n) is 10.0. The summed E-state index contributed by atoms with van der Waals surface area (Å²) in [6.07, 6.45) is 0. The van der Waals surface area contributed by atoms with Crippen LogP contribution in [-0.2, 0) is 0 Å². The minimum Gasteiger partial charge on any atom is -0.356 e. The second-order valence-electron chi connectivity index (χ2n) is 7.79. The lowest BCUT2D eigenvalue weighted by molar-refractivity contribution is 0.0593. The summed E-state index contributed by atoms with van der Waals surface area (Å²) < 4.78 is 41.9. The molecule has 5 rings (SSSR count). The van der Waals surface area contributed by atoms with Gasteiger partial charge in [-0.2, -0.15) is 0 Å². The van der Waals surface area contributed by atoms with Gasteiger partial charge in [0, 0.05) is 17.0 Å². The van der Waals surface area contributed by atoms with Crippen molar-refractivity contribution in [2.75, 3.05) is 0 Å². The highest BCUT2D eigenvalue weighted by Crippen LogP contribution is 2.35. The van der Waals surface area contributed by atoms with Gasteiger partial charge in [-0.05, 0) is 55.0 Å². The van der Waals surface area contributed by atoms with Gasteiger partial charge in [0.25, 0.3) is 11.8 Å². The topological polar surface area (TPSA) is 70.2 Å². The fourth-order valence-electron chi connectivity index (χ4n) is 4.26. The number of imide groups is 1. The Morgan fingerprint density at radius 3 is 2.00 bits per heavy atom. The van der Waals surface area contributed by atoms with Gasteiger partial charge < -0.3 is 4.98 Å². The minimum absolute atomic E-state index is 0.0343. The predicted molar refractivity (Wildman–Crippen MR) is 115 cm³/mol. The molecular weight excluding hydrogens is 433 g/mol. The van der Waals surface area contributed by atoms with Crippen molar-refractivity contribution in [3.05, 3.63) is 105 Å². The van der Waals surface area contributed by atoms with Crippen LogP contribution in [0.1, 0.15) is 39.4 Å². The Kier molecular flexibility index (Phi) is 4.67. The molecule has 3 aromatic carbocycles. The van der Waals surface area contributed by atoms with E-state index in [0.717, 1.165) is 29.2 Å². The smallest absolute Gasteiger partial charge is 0.262 e. The fraction of sp³-hybridized carbons (Fsp3) is 0.0800. The molecule has 0 saturated heterocycles. The molecule has 1 atom stereocenters. The number of fused-ring (bicyclic) bond motifs is 2. The lowest BCUT2D eigenvalue weighted by atomic mass is 9.96. The third-order valence-corrected chi connectivity index (χ3v) is 5.77. The number of pyridine rings is 1. The van der Waals surface area contributed by atoms with Crippen molar-refractivity contribution in [2.45, 2.75) is 13.0 Å². The SMILES string of the molecule is CC(c1[nH]c2ccc(F)cc2c(=O)c1-c1cc(F)cc(F)c1)N1C(=O)c2ccccc2C1=O. The second-order valence-corrected chi connectivity index (χ2v) is 7.79. The van der Waals surface area contributed by atoms with E-state index in [1.165, 1.54) is 25.1 Å². The van der Waals surface area contributed by atoms with E-state index in [1.807, 2.05) is 0 Å². The van der Waals surface area contributed by atoms with Crippen molar-refractivity contribution in [3.8, 4) is 11.1 Å². The number of benzene rings is 3. The molecule has 4 aromatic rings. The third-order valence-electron chi connectivity index (χ3n) is 5.77. The lowest BCUT2D eigenvalue weighted by Crippen LogP contribution is -2.34. The van der Waals surface area contributed by atoms with E-state index >= 15 is 0 Å². The molecule has 0 bridgehead atoms. The molecule has 2 amide bonds. The molecule has 1 aliphatic heterocycles. The number of halogens is 3. The Labute approximate surface area is 185 Å². The van der Waals surface area contributed by atoms with E-state index in [1.54, 1.807) is 12.1 Å². The van der Waals surface area contributed by atoms with Crippen molar-refractivity contribution in [1.29, 1.82) is 0 Å². The van der Waals surface area contributed by atoms with E-state index in [-0.39, 0.29) is 38.9 Å². The van der Waals surface area contributed by atoms with Gasteiger partial charge >= 0.3 is 0 Å². The first-order valence-corrected chi connectivity index (χ1v) is 10.0. The van der Waals surface area contributed by atoms with E-state index in [0.29, 0.717) is 6.07 Å². The molecule has 1 aromatic heterocycles. The fourth-order valence-corrected chi connectivity index (χ4v) is 4.26. The Balaban J connectivity index is 1.77. The quantitative estimate of drug-likeness (QED) is 0.450. The molecular formula is C25H15F3N2O3. The number of carbonyl (C=O) groups excluding carboxylic acids is 2. The predicted octanol–water partition coefficient (Wildman–Crippen LogP) is 4.97. The first kappa shape index (κ1) is 20.7. The molecule has 0 radical (unpaired) electrons. The summed E-state index contributed by atoms with van der Waals surface area (Å²) in [6.45, 7) is 1.53. The molecule has 0 spiro atoms. The van der Waals surface area contributed by atoms with Crippen LogP contribution in [0.2, 0.25) is 0 Å². The van der Waals surface area contributed by atoms with Crippen LogP contribution in [0.5, 0.6) is 0 Å². The monoisotopic (exact) mass is 448 g/mol. The second kappa shape index (κ2) is 7.44. The summed E-state index contributed by atoms with van der Waals surface area (Å²) in [5.41, 5.74) is -0.157. The number of hydrogen-bond donors (Lipinski definition) is 1. The molecule has 164 valence electrons. The average molecular weight is 448 g/mol. The normalized spacial score (nSPS) is 14.1. The Bertz CT molecular complexity index is 1490. The maximum Gasteiger partial charge on any atom is 0.262 e. The largest absolute Gasteiger partial charge is 0.356 e. The summed E-state index contributed by atoms with van der Waals surface area (Å²) in [7, 11) is 0. The Hall–Kier alpha value is -4.20. The molecule has 5 nitrogen and oxygen atoms in total. The maximum atomic E-state index is 14.0. The van der Waals surface area contributed by atoms with Gasteiger partial charge in [0.1, 0.15) is 17.5 Å². The van der Waals surface area contributed by atoms with Crippen LogP contribution in [0.15, 0.2) is 65.5 Å². The van der Waals surface area contributed by atoms with Gasteiger partial charge in [-0.25, -0.2) is 13.2 Å². The number of aromatic amines is 1. The van der Waals surface area contributed by atoms with Crippen molar-refractivity contribution in [2.24, 2.45) is 0 Å². The third kappa shape index (κ3) is 3.22. The number of hydrogen-bond acceptors (Lipinski definition) is 3. The highest BCUT2D eigenvalue weighted by atomic mass is 19.1. The molecule has 0 fully saturated rings. The molecule has 0 aliphatic carbocycles. The Morgan fingerprint density at radius 1 is 0.788 bits per heavy atom. The molecule has 2 heterocycles. The van der Waals surface area contributed by atoms with Crippen LogP contribution in [0, 0.1) is 17.5 Å². The van der Waals surface area contributed by atoms with E-state index in [4.69, 9.17) is 0 Å². The lowest BCUT2D eigenvalue weighted by Gasteiger charge is -2.25. The van der Waals surface area contributed by atoms with Crippen molar-refractivity contribution < 1.29 is 22.8 Å². The van der Waals surface area contributed by atoms with Crippen LogP contribution >= 0.6 is 0 Å². The Morgan fingerprint density at radius 2 is 1.39 bits per heavy atom. The standard InChI is InChI=1S/C25H15F3N2O3/c1-12(30-24(32)17-4-2-3-5-18(17)25(30)33)22-21(13-8-15(27)10-16(28)9-13)23(31)19-11-14(26)6-7-20(19)29-22/h2-12H,1H3,(H,29,31). The van der Waals surface area contributed by atoms with Gasteiger partial charge in [0.15, 0.2) is 5.43 Å². The van der Waals surface area contributed by atoms with Crippen molar-refractivity contribution in [1.82, 2.24) is 9.88 Å². The van der Waals surface area contributed by atoms with Gasteiger partial charge in [-0.3, -0.25) is 19.3 Å². The van der Waals surface area contributed by atoms with Crippen LogP contribution in [0.3, 0.4) is 0 Å². The highest BCUT2D eigenvalue weighted by Gasteiger charge is 2.40. The van der Waals surface area contributed by atoms with Crippen LogP contribution < -0.4 is 5.43 Å². The van der Waals surface area contributed by atoms with Crippen LogP contribution in [-0.4, -0.2) is 21.7 Å². The average Bonchev–Trinajstić information content (AvgIpc) is 3.03. The zero-order chi connectivity index (χ0) is 23.4. The number of nitrogens with one attached hydrogen (secondary N) is 1. The van der Waals surface area contributed by atoms with Gasteiger partial charge in [-0.15, -0.1) is 0 Å². The summed E-state index contributed by atoms with van der Waals surface area (Å²) >= 11 is 0. The summed E-state index contributed by atoms with van der Waals surface area (Å²) in [4.78, 5) is 43.4. The number of H-pyrrole nitrogens is 1. The number of carbonyl (C=O) groups is 2. The first-order chi connectivity index (χ1) is 15.8. The number of aromatic nitrogens is 1. The summed E-state index contributed by atoms with van der Waals surface area (Å²) in [5, 5.41) is -0.0343. The molecule has 1 unspecified atom stereocenters. The zero-order valence-electron chi connectivity index (χ0n) is 17.2. The van der Waals surface area contributed by atoms with E-state index in [9.17, 15) is 27.6 Å². The van der Waals surface area contributed by atoms with Gasteiger partial charge in [0.2, 0.25) is 0 Å². The summed E-state index contributed by atoms with van der Waals surface area (Å²) in [6, 6.07) is 11.4. The molecule has 0 saturated carbocycles. The van der Waals surface area contributed by atoms with E-state index < -0.39 is 40.7 Å². The zero-order valence-corrected chi connectivity index (χ0v) is 17.2. The summed E-state index contributed by atoms with van der Waals surface area (Å²) in [5.74, 6) is -3.60. The van der Waals surface area contributed by atoms with Crippen molar-refractivity contribution in [3.63, 3.8) is 0 Å². The number of nitrogens with zero attached hydrogens (tertiary/aromatic N) is 1. The van der Waals surface area contributed by atoms with Gasteiger partial charge in [-0.1, -0.05) is 12.1 Å². The maximum absolute atomic E-state index is 14.0. The van der Waals surface area contributed by atoms with E-state index in [2.05, 4.69) is 4.98 Å². The minimum atomic E-state index is -0.999. The highest BCUT2D eigenvalue weighted by molar-refractivity contribution is 6.21. The molecule has 8 heteroatoms. The van der Waals surface area contributed by atoms with Crippen LogP contribution in [0.4, 0.5) is 13.2 Å². The van der Waals surface area contributed by atoms with Gasteiger partial charge in [0.05, 0.1) is 28.4 Å². The molecule has 1 aliphatic rings. The van der Waals surface area contributed by atoms with Crippen molar-refractivity contribution >= 4 is 22.7 Å². The number of amides is 2. The number of rotatable bonds is 3. The molecule has 33 heavy (non-hydrogen) atoms. The van der Waals surface area contributed by atoms with Crippen LogP contribution in [0.25, 0.3) is 22.0 Å².